The molecule has 6 nitrogen and oxygen atoms in total. The highest BCUT2D eigenvalue weighted by molar-refractivity contribution is 7.12. The van der Waals surface area contributed by atoms with Crippen molar-refractivity contribution >= 4 is 17.2 Å². The number of nitrogens with one attached hydrogen (secondary N) is 1. The Balaban J connectivity index is 1.88. The summed E-state index contributed by atoms with van der Waals surface area (Å²) in [5.74, 6) is 1.41. The molecular weight excluding hydrogens is 276 g/mol. The van der Waals surface area contributed by atoms with Crippen LogP contribution in [0, 0.1) is 0 Å². The number of amides is 1. The fourth-order valence-electron chi connectivity index (χ4n) is 2.58. The van der Waals surface area contributed by atoms with Gasteiger partial charge in [0, 0.05) is 6.54 Å². The van der Waals surface area contributed by atoms with Gasteiger partial charge in [-0.3, -0.25) is 9.89 Å². The lowest BCUT2D eigenvalue weighted by Crippen LogP contribution is -2.38. The number of carbonyl (C=O) groups excluding carboxylic acids is 1. The van der Waals surface area contributed by atoms with Gasteiger partial charge in [0.2, 0.25) is 0 Å². The Kier molecular flexibility index (Phi) is 3.68. The van der Waals surface area contributed by atoms with Gasteiger partial charge >= 0.3 is 0 Å². The van der Waals surface area contributed by atoms with E-state index in [0.717, 1.165) is 31.6 Å². The summed E-state index contributed by atoms with van der Waals surface area (Å²) in [6, 6.07) is 1.80. The average molecular weight is 292 g/mol. The second-order valence-electron chi connectivity index (χ2n) is 4.70. The first kappa shape index (κ1) is 13.1. The largest absolute Gasteiger partial charge is 0.495 e. The summed E-state index contributed by atoms with van der Waals surface area (Å²) < 4.78 is 5.25. The SMILES string of the molecule is COc1ccsc1C(=O)N1CCCC[C@H]1c1ncn[nH]1. The number of H-pyrrole nitrogens is 1. The molecule has 0 radical (unpaired) electrons. The van der Waals surface area contributed by atoms with E-state index in [4.69, 9.17) is 4.74 Å². The second-order valence-corrected chi connectivity index (χ2v) is 5.62. The zero-order chi connectivity index (χ0) is 13.9. The number of aromatic amines is 1. The van der Waals surface area contributed by atoms with Gasteiger partial charge in [-0.2, -0.15) is 5.10 Å². The first-order valence-corrected chi connectivity index (χ1v) is 7.47. The van der Waals surface area contributed by atoms with Gasteiger partial charge in [-0.05, 0) is 30.7 Å². The molecule has 7 heteroatoms. The Hall–Kier alpha value is -1.89. The van der Waals surface area contributed by atoms with Crippen LogP contribution >= 0.6 is 11.3 Å². The van der Waals surface area contributed by atoms with Gasteiger partial charge in [-0.15, -0.1) is 11.3 Å². The molecule has 2 aromatic rings. The van der Waals surface area contributed by atoms with Crippen LogP contribution in [0.4, 0.5) is 0 Å². The third-order valence-corrected chi connectivity index (χ3v) is 4.44. The summed E-state index contributed by atoms with van der Waals surface area (Å²) in [5.41, 5.74) is 0. The maximum absolute atomic E-state index is 12.7. The molecule has 3 rings (SSSR count). The molecule has 1 atom stereocenters. The molecule has 0 spiro atoms. The quantitative estimate of drug-likeness (QED) is 0.941. The van der Waals surface area contributed by atoms with Crippen LogP contribution in [0.5, 0.6) is 5.75 Å². The molecule has 1 amide bonds. The number of hydrogen-bond acceptors (Lipinski definition) is 5. The summed E-state index contributed by atoms with van der Waals surface area (Å²) in [6.45, 7) is 0.741. The highest BCUT2D eigenvalue weighted by Crippen LogP contribution is 2.33. The molecule has 1 aliphatic rings. The van der Waals surface area contributed by atoms with E-state index in [-0.39, 0.29) is 11.9 Å². The minimum absolute atomic E-state index is 0.0120. The van der Waals surface area contributed by atoms with Gasteiger partial charge in [-0.1, -0.05) is 0 Å². The molecule has 0 saturated carbocycles. The molecule has 1 N–H and O–H groups in total. The number of thiophene rings is 1. The highest BCUT2D eigenvalue weighted by Gasteiger charge is 2.32. The smallest absolute Gasteiger partial charge is 0.268 e. The predicted octanol–water partition coefficient (Wildman–Crippen LogP) is 2.24. The Morgan fingerprint density at radius 3 is 3.20 bits per heavy atom. The Morgan fingerprint density at radius 2 is 2.45 bits per heavy atom. The Labute approximate surface area is 120 Å². The number of aromatic nitrogens is 3. The van der Waals surface area contributed by atoms with Gasteiger partial charge in [-0.25, -0.2) is 4.98 Å². The standard InChI is InChI=1S/C13H16N4O2S/c1-19-10-5-7-20-11(10)13(18)17-6-3-2-4-9(17)12-14-8-15-16-12/h5,7-9H,2-4,6H2,1H3,(H,14,15,16)/t9-/m0/s1. The number of likely N-dealkylation sites (tertiary alicyclic amines) is 1. The zero-order valence-electron chi connectivity index (χ0n) is 11.2. The molecule has 1 aliphatic heterocycles. The molecule has 106 valence electrons. The van der Waals surface area contributed by atoms with Crippen molar-refractivity contribution in [1.82, 2.24) is 20.1 Å². The fourth-order valence-corrected chi connectivity index (χ4v) is 3.39. The zero-order valence-corrected chi connectivity index (χ0v) is 12.0. The van der Waals surface area contributed by atoms with Crippen LogP contribution in [0.2, 0.25) is 0 Å². The molecular formula is C13H16N4O2S. The number of carbonyl (C=O) groups is 1. The molecule has 0 aromatic carbocycles. The number of piperidine rings is 1. The van der Waals surface area contributed by atoms with Gasteiger partial charge in [0.05, 0.1) is 13.2 Å². The Morgan fingerprint density at radius 1 is 1.55 bits per heavy atom. The van der Waals surface area contributed by atoms with Crippen molar-refractivity contribution in [2.75, 3.05) is 13.7 Å². The van der Waals surface area contributed by atoms with Gasteiger partial charge in [0.25, 0.3) is 5.91 Å². The van der Waals surface area contributed by atoms with Crippen LogP contribution in [-0.4, -0.2) is 39.6 Å². The molecule has 0 unspecified atom stereocenters. The maximum atomic E-state index is 12.7. The normalized spacial score (nSPS) is 19.1. The molecule has 1 saturated heterocycles. The second kappa shape index (κ2) is 5.62. The fraction of sp³-hybridized carbons (Fsp3) is 0.462. The van der Waals surface area contributed by atoms with E-state index in [2.05, 4.69) is 15.2 Å². The van der Waals surface area contributed by atoms with Crippen LogP contribution in [0.1, 0.15) is 40.8 Å². The molecule has 2 aromatic heterocycles. The minimum atomic E-state index is -0.0226. The van der Waals surface area contributed by atoms with Crippen LogP contribution in [-0.2, 0) is 0 Å². The number of rotatable bonds is 3. The van der Waals surface area contributed by atoms with E-state index in [9.17, 15) is 4.79 Å². The molecule has 1 fully saturated rings. The summed E-state index contributed by atoms with van der Waals surface area (Å²) in [6.07, 6.45) is 4.51. The van der Waals surface area contributed by atoms with Crippen LogP contribution in [0.25, 0.3) is 0 Å². The summed E-state index contributed by atoms with van der Waals surface area (Å²) >= 11 is 1.41. The third-order valence-electron chi connectivity index (χ3n) is 3.56. The van der Waals surface area contributed by atoms with Crippen LogP contribution in [0.3, 0.4) is 0 Å². The number of hydrogen-bond donors (Lipinski definition) is 1. The van der Waals surface area contributed by atoms with Crippen molar-refractivity contribution in [1.29, 1.82) is 0 Å². The lowest BCUT2D eigenvalue weighted by atomic mass is 10.0. The molecule has 0 bridgehead atoms. The average Bonchev–Trinajstić information content (AvgIpc) is 3.17. The maximum Gasteiger partial charge on any atom is 0.268 e. The first-order valence-electron chi connectivity index (χ1n) is 6.59. The lowest BCUT2D eigenvalue weighted by molar-refractivity contribution is 0.0602. The van der Waals surface area contributed by atoms with Crippen molar-refractivity contribution in [3.63, 3.8) is 0 Å². The van der Waals surface area contributed by atoms with Crippen LogP contribution < -0.4 is 4.74 Å². The predicted molar refractivity (Wildman–Crippen MR) is 74.9 cm³/mol. The third kappa shape index (κ3) is 2.29. The van der Waals surface area contributed by atoms with Gasteiger partial charge in [0.1, 0.15) is 22.8 Å². The van der Waals surface area contributed by atoms with Gasteiger partial charge in [0.15, 0.2) is 0 Å². The number of nitrogens with zero attached hydrogens (tertiary/aromatic N) is 3. The summed E-state index contributed by atoms with van der Waals surface area (Å²) in [4.78, 5) is 19.5. The Bertz CT molecular complexity index is 581. The van der Waals surface area contributed by atoms with Gasteiger partial charge < -0.3 is 9.64 Å². The molecule has 3 heterocycles. The van der Waals surface area contributed by atoms with E-state index in [0.29, 0.717) is 10.6 Å². The highest BCUT2D eigenvalue weighted by atomic mass is 32.1. The topological polar surface area (TPSA) is 71.1 Å². The molecule has 20 heavy (non-hydrogen) atoms. The van der Waals surface area contributed by atoms with E-state index < -0.39 is 0 Å². The monoisotopic (exact) mass is 292 g/mol. The van der Waals surface area contributed by atoms with E-state index >= 15 is 0 Å². The number of ether oxygens (including phenoxy) is 1. The summed E-state index contributed by atoms with van der Waals surface area (Å²) in [5, 5.41) is 8.65. The minimum Gasteiger partial charge on any atom is -0.495 e. The molecule has 0 aliphatic carbocycles. The van der Waals surface area contributed by atoms with Crippen molar-refractivity contribution in [3.8, 4) is 5.75 Å². The van der Waals surface area contributed by atoms with Crippen molar-refractivity contribution in [3.05, 3.63) is 28.5 Å². The van der Waals surface area contributed by atoms with E-state index in [1.807, 2.05) is 16.3 Å². The lowest BCUT2D eigenvalue weighted by Gasteiger charge is -2.34. The van der Waals surface area contributed by atoms with Crippen molar-refractivity contribution < 1.29 is 9.53 Å². The first-order chi connectivity index (χ1) is 9.81. The number of methoxy groups -OCH3 is 1. The van der Waals surface area contributed by atoms with E-state index in [1.165, 1.54) is 17.7 Å². The van der Waals surface area contributed by atoms with E-state index in [1.54, 1.807) is 7.11 Å². The van der Waals surface area contributed by atoms with Crippen molar-refractivity contribution in [2.24, 2.45) is 0 Å². The van der Waals surface area contributed by atoms with Crippen LogP contribution in [0.15, 0.2) is 17.8 Å². The van der Waals surface area contributed by atoms with Crippen molar-refractivity contribution in [2.45, 2.75) is 25.3 Å². The summed E-state index contributed by atoms with van der Waals surface area (Å²) in [7, 11) is 1.59.